The van der Waals surface area contributed by atoms with Crippen LogP contribution in [0.5, 0.6) is 5.75 Å². The molecule has 0 N–H and O–H groups in total. The molecule has 0 saturated carbocycles. The highest BCUT2D eigenvalue weighted by molar-refractivity contribution is 9.10. The molecule has 1 aliphatic heterocycles. The third-order valence-corrected chi connectivity index (χ3v) is 4.58. The van der Waals surface area contributed by atoms with Gasteiger partial charge in [-0.25, -0.2) is 0 Å². The minimum Gasteiger partial charge on any atom is -0.493 e. The van der Waals surface area contributed by atoms with Crippen LogP contribution in [0.2, 0.25) is 0 Å². The first-order valence-corrected chi connectivity index (χ1v) is 8.15. The largest absolute Gasteiger partial charge is 0.493 e. The fourth-order valence-electron chi connectivity index (χ4n) is 2.75. The van der Waals surface area contributed by atoms with Crippen LogP contribution in [0.25, 0.3) is 0 Å². The van der Waals surface area contributed by atoms with Gasteiger partial charge in [0.1, 0.15) is 5.75 Å². The van der Waals surface area contributed by atoms with Gasteiger partial charge in [0.2, 0.25) is 0 Å². The highest BCUT2D eigenvalue weighted by atomic mass is 79.9. The molecule has 1 aliphatic rings. The quantitative estimate of drug-likeness (QED) is 0.708. The molecule has 1 unspecified atom stereocenters. The zero-order valence-electron chi connectivity index (χ0n) is 11.1. The van der Waals surface area contributed by atoms with Crippen molar-refractivity contribution in [3.8, 4) is 5.75 Å². The molecule has 1 heterocycles. The summed E-state index contributed by atoms with van der Waals surface area (Å²) in [4.78, 5) is 0. The van der Waals surface area contributed by atoms with Crippen LogP contribution in [0.15, 0.2) is 46.9 Å². The molecular formula is C17H16BrClO. The van der Waals surface area contributed by atoms with Crippen LogP contribution in [-0.4, -0.2) is 12.5 Å². The molecule has 104 valence electrons. The molecule has 3 rings (SSSR count). The Balaban J connectivity index is 1.91. The summed E-state index contributed by atoms with van der Waals surface area (Å²) in [7, 11) is 0. The number of benzene rings is 2. The Morgan fingerprint density at radius 3 is 2.75 bits per heavy atom. The van der Waals surface area contributed by atoms with Gasteiger partial charge in [-0.15, -0.1) is 11.6 Å². The van der Waals surface area contributed by atoms with Crippen LogP contribution in [0.3, 0.4) is 0 Å². The number of hydrogen-bond acceptors (Lipinski definition) is 1. The normalized spacial score (nSPS) is 14.7. The minimum atomic E-state index is 0.320. The van der Waals surface area contributed by atoms with Crippen molar-refractivity contribution < 1.29 is 4.74 Å². The average molecular weight is 352 g/mol. The number of ether oxygens (including phenoxy) is 1. The highest BCUT2D eigenvalue weighted by Gasteiger charge is 2.20. The predicted octanol–water partition coefficient (Wildman–Crippen LogP) is 4.95. The third-order valence-electron chi connectivity index (χ3n) is 3.75. The van der Waals surface area contributed by atoms with Crippen LogP contribution in [0.1, 0.15) is 22.6 Å². The lowest BCUT2D eigenvalue weighted by Gasteiger charge is -2.17. The van der Waals surface area contributed by atoms with Crippen molar-refractivity contribution >= 4 is 27.5 Å². The first-order valence-electron chi connectivity index (χ1n) is 6.83. The Hall–Kier alpha value is -0.990. The van der Waals surface area contributed by atoms with E-state index in [2.05, 4.69) is 52.3 Å². The maximum atomic E-state index is 6.19. The fourth-order valence-corrected chi connectivity index (χ4v) is 3.59. The zero-order chi connectivity index (χ0) is 13.9. The Bertz CT molecular complexity index is 597. The molecule has 0 saturated heterocycles. The molecule has 1 nitrogen and oxygen atoms in total. The van der Waals surface area contributed by atoms with Crippen molar-refractivity contribution in [3.05, 3.63) is 63.6 Å². The summed E-state index contributed by atoms with van der Waals surface area (Å²) < 4.78 is 6.93. The van der Waals surface area contributed by atoms with Gasteiger partial charge in [0, 0.05) is 22.7 Å². The first kappa shape index (κ1) is 14.0. The summed E-state index contributed by atoms with van der Waals surface area (Å²) in [5, 5.41) is 0. The maximum absolute atomic E-state index is 6.19. The van der Waals surface area contributed by atoms with E-state index in [1.54, 1.807) is 0 Å². The van der Waals surface area contributed by atoms with Gasteiger partial charge in [-0.3, -0.25) is 0 Å². The van der Waals surface area contributed by atoms with E-state index in [-0.39, 0.29) is 0 Å². The summed E-state index contributed by atoms with van der Waals surface area (Å²) in [6.45, 7) is 0.787. The smallest absolute Gasteiger partial charge is 0.125 e. The van der Waals surface area contributed by atoms with Gasteiger partial charge in [-0.2, -0.15) is 0 Å². The number of fused-ring (bicyclic) bond motifs is 1. The zero-order valence-corrected chi connectivity index (χ0v) is 13.5. The van der Waals surface area contributed by atoms with E-state index in [1.165, 1.54) is 16.7 Å². The van der Waals surface area contributed by atoms with Gasteiger partial charge in [0.15, 0.2) is 0 Å². The van der Waals surface area contributed by atoms with E-state index >= 15 is 0 Å². The van der Waals surface area contributed by atoms with Gasteiger partial charge in [-0.1, -0.05) is 46.3 Å². The second kappa shape index (κ2) is 6.19. The van der Waals surface area contributed by atoms with E-state index < -0.39 is 0 Å². The van der Waals surface area contributed by atoms with E-state index in [4.69, 9.17) is 16.3 Å². The Kier molecular flexibility index (Phi) is 4.32. The molecule has 1 atom stereocenters. The molecule has 0 fully saturated rings. The highest BCUT2D eigenvalue weighted by Crippen LogP contribution is 2.36. The fraction of sp³-hybridized carbons (Fsp3) is 0.294. The van der Waals surface area contributed by atoms with Crippen molar-refractivity contribution in [3.63, 3.8) is 0 Å². The lowest BCUT2D eigenvalue weighted by molar-refractivity contribution is 0.353. The van der Waals surface area contributed by atoms with Crippen molar-refractivity contribution in [2.45, 2.75) is 18.8 Å². The molecule has 2 aromatic carbocycles. The summed E-state index contributed by atoms with van der Waals surface area (Å²) in [6, 6.07) is 14.8. The summed E-state index contributed by atoms with van der Waals surface area (Å²) >= 11 is 9.79. The molecule has 0 radical (unpaired) electrons. The Morgan fingerprint density at radius 2 is 2.00 bits per heavy atom. The predicted molar refractivity (Wildman–Crippen MR) is 86.9 cm³/mol. The van der Waals surface area contributed by atoms with Gasteiger partial charge in [0.05, 0.1) is 6.61 Å². The van der Waals surface area contributed by atoms with Crippen molar-refractivity contribution in [2.75, 3.05) is 12.5 Å². The SMILES string of the molecule is ClCC(Cc1cc(Br)cc2c1OCC2)c1ccccc1. The van der Waals surface area contributed by atoms with Crippen LogP contribution < -0.4 is 4.74 Å². The summed E-state index contributed by atoms with van der Waals surface area (Å²) in [5.74, 6) is 2.00. The summed E-state index contributed by atoms with van der Waals surface area (Å²) in [5.41, 5.74) is 3.84. The Morgan fingerprint density at radius 1 is 1.20 bits per heavy atom. The molecule has 0 bridgehead atoms. The average Bonchev–Trinajstić information content (AvgIpc) is 2.93. The second-order valence-corrected chi connectivity index (χ2v) is 6.34. The molecular weight excluding hydrogens is 336 g/mol. The minimum absolute atomic E-state index is 0.320. The number of rotatable bonds is 4. The molecule has 0 amide bonds. The van der Waals surface area contributed by atoms with Crippen LogP contribution >= 0.6 is 27.5 Å². The lowest BCUT2D eigenvalue weighted by Crippen LogP contribution is -2.06. The topological polar surface area (TPSA) is 9.23 Å². The van der Waals surface area contributed by atoms with Crippen LogP contribution in [-0.2, 0) is 12.8 Å². The third kappa shape index (κ3) is 2.87. The monoisotopic (exact) mass is 350 g/mol. The number of hydrogen-bond donors (Lipinski definition) is 0. The van der Waals surface area contributed by atoms with E-state index in [0.717, 1.165) is 29.7 Å². The van der Waals surface area contributed by atoms with E-state index in [0.29, 0.717) is 11.8 Å². The van der Waals surface area contributed by atoms with Crippen molar-refractivity contribution in [2.24, 2.45) is 0 Å². The van der Waals surface area contributed by atoms with Gasteiger partial charge in [0.25, 0.3) is 0 Å². The molecule has 0 aromatic heterocycles. The summed E-state index contributed by atoms with van der Waals surface area (Å²) in [6.07, 6.45) is 1.91. The molecule has 0 aliphatic carbocycles. The van der Waals surface area contributed by atoms with Crippen LogP contribution in [0.4, 0.5) is 0 Å². The molecule has 0 spiro atoms. The van der Waals surface area contributed by atoms with Gasteiger partial charge in [-0.05, 0) is 35.2 Å². The number of halogens is 2. The first-order chi connectivity index (χ1) is 9.78. The molecule has 3 heteroatoms. The van der Waals surface area contributed by atoms with E-state index in [9.17, 15) is 0 Å². The standard InChI is InChI=1S/C17H16BrClO/c18-16-9-13-6-7-20-17(13)14(10-16)8-15(11-19)12-4-2-1-3-5-12/h1-5,9-10,15H,6-8,11H2. The van der Waals surface area contributed by atoms with Crippen LogP contribution in [0, 0.1) is 0 Å². The number of alkyl halides is 1. The molecule has 20 heavy (non-hydrogen) atoms. The van der Waals surface area contributed by atoms with Gasteiger partial charge >= 0.3 is 0 Å². The van der Waals surface area contributed by atoms with E-state index in [1.807, 2.05) is 6.07 Å². The van der Waals surface area contributed by atoms with Crippen molar-refractivity contribution in [1.29, 1.82) is 0 Å². The molecule has 2 aromatic rings. The van der Waals surface area contributed by atoms with Gasteiger partial charge < -0.3 is 4.74 Å². The Labute approximate surface area is 133 Å². The van der Waals surface area contributed by atoms with Crippen molar-refractivity contribution in [1.82, 2.24) is 0 Å². The second-order valence-electron chi connectivity index (χ2n) is 5.12. The maximum Gasteiger partial charge on any atom is 0.125 e. The lowest BCUT2D eigenvalue weighted by atomic mass is 9.92.